The molecule has 2 atom stereocenters. The van der Waals surface area contributed by atoms with Gasteiger partial charge in [0, 0.05) is 12.5 Å². The summed E-state index contributed by atoms with van der Waals surface area (Å²) in [5.41, 5.74) is 2.13. The largest absolute Gasteiger partial charge is 0.434 e. The smallest absolute Gasteiger partial charge is 0.321 e. The number of rotatable bonds is 11. The first-order valence-corrected chi connectivity index (χ1v) is 15.4. The summed E-state index contributed by atoms with van der Waals surface area (Å²) >= 11 is 0. The van der Waals surface area contributed by atoms with E-state index in [1.807, 2.05) is 12.2 Å². The van der Waals surface area contributed by atoms with Crippen LogP contribution >= 0.6 is 0 Å². The maximum absolute atomic E-state index is 12.6. The van der Waals surface area contributed by atoms with Gasteiger partial charge in [-0.2, -0.15) is 0 Å². The third-order valence-corrected chi connectivity index (χ3v) is 13.1. The van der Waals surface area contributed by atoms with E-state index in [2.05, 4.69) is 83.3 Å². The lowest BCUT2D eigenvalue weighted by Crippen LogP contribution is -2.45. The van der Waals surface area contributed by atoms with Crippen LogP contribution in [-0.2, 0) is 26.8 Å². The van der Waals surface area contributed by atoms with Gasteiger partial charge in [0.15, 0.2) is 8.32 Å². The fraction of sp³-hybridized carbons (Fsp3) is 0.552. The lowest BCUT2D eigenvalue weighted by atomic mass is 9.70. The van der Waals surface area contributed by atoms with Gasteiger partial charge in [0.05, 0.1) is 11.7 Å². The second kappa shape index (κ2) is 10.6. The third-order valence-electron chi connectivity index (χ3n) is 8.49. The van der Waals surface area contributed by atoms with E-state index in [0.717, 1.165) is 38.7 Å². The van der Waals surface area contributed by atoms with Crippen LogP contribution < -0.4 is 0 Å². The Balaban J connectivity index is 1.50. The number of ether oxygens (including phenoxy) is 1. The highest BCUT2D eigenvalue weighted by Crippen LogP contribution is 2.45. The fourth-order valence-corrected chi connectivity index (χ4v) is 7.14. The molecule has 1 aliphatic carbocycles. The minimum atomic E-state index is -1.77. The Labute approximate surface area is 202 Å². The second-order valence-corrected chi connectivity index (χ2v) is 15.7. The summed E-state index contributed by atoms with van der Waals surface area (Å²) in [6.07, 6.45) is 16.5. The number of aryl methyl sites for hydroxylation is 1. The topological polar surface area (TPSA) is 35.5 Å². The quantitative estimate of drug-likeness (QED) is 0.252. The maximum Gasteiger partial charge on any atom is 0.321 e. The van der Waals surface area contributed by atoms with Crippen LogP contribution in [0.5, 0.6) is 0 Å². The van der Waals surface area contributed by atoms with Crippen LogP contribution in [0.4, 0.5) is 0 Å². The average Bonchev–Trinajstić information content (AvgIpc) is 3.16. The molecule has 0 bridgehead atoms. The van der Waals surface area contributed by atoms with Gasteiger partial charge in [0.2, 0.25) is 0 Å². The molecule has 0 saturated carbocycles. The van der Waals surface area contributed by atoms with Gasteiger partial charge in [0.25, 0.3) is 0 Å². The molecule has 0 saturated heterocycles. The summed E-state index contributed by atoms with van der Waals surface area (Å²) < 4.78 is 11.7. The van der Waals surface area contributed by atoms with E-state index in [4.69, 9.17) is 9.16 Å². The number of carbonyl (C=O) groups excluding carboxylic acids is 1. The number of benzene rings is 1. The zero-order valence-corrected chi connectivity index (χ0v) is 22.4. The van der Waals surface area contributed by atoms with Crippen molar-refractivity contribution in [2.45, 2.75) is 77.9 Å². The Hall–Kier alpha value is -1.91. The van der Waals surface area contributed by atoms with E-state index < -0.39 is 13.7 Å². The molecule has 1 heterocycles. The molecule has 0 radical (unpaired) electrons. The summed E-state index contributed by atoms with van der Waals surface area (Å²) in [5, 5.41) is 0.249. The van der Waals surface area contributed by atoms with Gasteiger partial charge >= 0.3 is 5.97 Å². The normalized spacial score (nSPS) is 22.9. The highest BCUT2D eigenvalue weighted by Gasteiger charge is 2.46. The molecular weight excluding hydrogens is 424 g/mol. The molecule has 0 amide bonds. The summed E-state index contributed by atoms with van der Waals surface area (Å²) in [6, 6.07) is 8.92. The van der Waals surface area contributed by atoms with Crippen LogP contribution in [0.15, 0.2) is 60.9 Å². The van der Waals surface area contributed by atoms with Gasteiger partial charge in [-0.25, -0.2) is 0 Å². The zero-order chi connectivity index (χ0) is 24.1. The first kappa shape index (κ1) is 25.7. The van der Waals surface area contributed by atoms with Gasteiger partial charge in [-0.1, -0.05) is 76.3 Å². The predicted molar refractivity (Wildman–Crippen MR) is 139 cm³/mol. The van der Waals surface area contributed by atoms with Crippen LogP contribution in [0.25, 0.3) is 0 Å². The summed E-state index contributed by atoms with van der Waals surface area (Å²) in [7, 11) is -1.77. The molecule has 2 aliphatic rings. The van der Waals surface area contributed by atoms with Crippen molar-refractivity contribution in [3.8, 4) is 0 Å². The number of allylic oxidation sites excluding steroid dienone is 4. The van der Waals surface area contributed by atoms with Crippen molar-refractivity contribution in [1.82, 2.24) is 0 Å². The Morgan fingerprint density at radius 3 is 2.33 bits per heavy atom. The number of carbonyl (C=O) groups is 1. The van der Waals surface area contributed by atoms with Crippen LogP contribution in [0.2, 0.25) is 18.1 Å². The van der Waals surface area contributed by atoms with Crippen molar-refractivity contribution < 1.29 is 14.0 Å². The van der Waals surface area contributed by atoms with E-state index in [-0.39, 0.29) is 16.9 Å². The van der Waals surface area contributed by atoms with Gasteiger partial charge in [0.1, 0.15) is 0 Å². The van der Waals surface area contributed by atoms with E-state index in [1.165, 1.54) is 11.1 Å². The molecule has 1 aliphatic heterocycles. The minimum Gasteiger partial charge on any atom is -0.434 e. The standard InChI is InChI=1S/C29H42O3Si/c1-23(2)28(3,4)33(5,6)32-21-18-25-16-14-24(15-17-25)11-10-19-29(20-22-31-27(29)30)26-12-8-7-9-13-26/h7-9,12,14-17,20,22-23,26H,10-11,13,18-19,21H2,1-6H3. The molecule has 2 unspecified atom stereocenters. The van der Waals surface area contributed by atoms with E-state index in [1.54, 1.807) is 6.26 Å². The minimum absolute atomic E-state index is 0.102. The Morgan fingerprint density at radius 1 is 1.12 bits per heavy atom. The molecule has 0 spiro atoms. The Bertz CT molecular complexity index is 892. The summed E-state index contributed by atoms with van der Waals surface area (Å²) in [4.78, 5) is 12.6. The molecule has 0 fully saturated rings. The van der Waals surface area contributed by atoms with Gasteiger partial charge in [-0.15, -0.1) is 0 Å². The lowest BCUT2D eigenvalue weighted by Gasteiger charge is -2.42. The van der Waals surface area contributed by atoms with E-state index >= 15 is 0 Å². The lowest BCUT2D eigenvalue weighted by molar-refractivity contribution is -0.146. The van der Waals surface area contributed by atoms with Gasteiger partial charge in [-0.05, 0) is 73.4 Å². The predicted octanol–water partition coefficient (Wildman–Crippen LogP) is 7.40. The van der Waals surface area contributed by atoms with Crippen molar-refractivity contribution in [3.63, 3.8) is 0 Å². The molecule has 3 nitrogen and oxygen atoms in total. The zero-order valence-electron chi connectivity index (χ0n) is 21.4. The molecule has 1 aromatic rings. The number of esters is 1. The summed E-state index contributed by atoms with van der Waals surface area (Å²) in [5.74, 6) is 0.698. The SMILES string of the molecule is CC(C)C(C)(C)[Si](C)(C)OCCc1ccc(CCCC2(C3C=CC=CC3)C=COC2=O)cc1. The van der Waals surface area contributed by atoms with Crippen molar-refractivity contribution in [1.29, 1.82) is 0 Å². The van der Waals surface area contributed by atoms with Gasteiger partial charge < -0.3 is 9.16 Å². The molecule has 1 aromatic carbocycles. The van der Waals surface area contributed by atoms with Crippen LogP contribution in [0.3, 0.4) is 0 Å². The third kappa shape index (κ3) is 5.78. The fourth-order valence-electron chi connectivity index (χ4n) is 4.77. The maximum atomic E-state index is 12.6. The molecule has 33 heavy (non-hydrogen) atoms. The van der Waals surface area contributed by atoms with E-state index in [0.29, 0.717) is 5.92 Å². The van der Waals surface area contributed by atoms with Gasteiger partial charge in [-0.3, -0.25) is 4.79 Å². The highest BCUT2D eigenvalue weighted by atomic mass is 28.4. The number of cyclic esters (lactones) is 1. The first-order chi connectivity index (χ1) is 15.6. The highest BCUT2D eigenvalue weighted by molar-refractivity contribution is 6.74. The summed E-state index contributed by atoms with van der Waals surface area (Å²) in [6.45, 7) is 14.8. The Kier molecular flexibility index (Phi) is 8.23. The first-order valence-electron chi connectivity index (χ1n) is 12.5. The Morgan fingerprint density at radius 2 is 1.79 bits per heavy atom. The average molecular weight is 467 g/mol. The van der Waals surface area contributed by atoms with Crippen molar-refractivity contribution in [2.75, 3.05) is 6.61 Å². The molecule has 4 heteroatoms. The number of hydrogen-bond acceptors (Lipinski definition) is 3. The van der Waals surface area contributed by atoms with Crippen LogP contribution in [0.1, 0.15) is 58.1 Å². The van der Waals surface area contributed by atoms with Crippen molar-refractivity contribution in [2.24, 2.45) is 17.3 Å². The molecular formula is C29H42O3Si. The molecule has 3 rings (SSSR count). The van der Waals surface area contributed by atoms with Crippen LogP contribution in [-0.4, -0.2) is 20.9 Å². The van der Waals surface area contributed by atoms with Crippen molar-refractivity contribution in [3.05, 3.63) is 72.0 Å². The van der Waals surface area contributed by atoms with Crippen LogP contribution in [0, 0.1) is 17.3 Å². The van der Waals surface area contributed by atoms with E-state index in [9.17, 15) is 4.79 Å². The second-order valence-electron chi connectivity index (χ2n) is 11.1. The monoisotopic (exact) mass is 466 g/mol. The molecule has 0 N–H and O–H groups in total. The van der Waals surface area contributed by atoms with Crippen molar-refractivity contribution >= 4 is 14.3 Å². The molecule has 180 valence electrons. The number of hydrogen-bond donors (Lipinski definition) is 0. The molecule has 0 aromatic heterocycles.